The normalized spacial score (nSPS) is 10.5. The molecule has 0 bridgehead atoms. The average molecular weight is 255 g/mol. The van der Waals surface area contributed by atoms with Gasteiger partial charge >= 0.3 is 0 Å². The number of nitrogens with two attached hydrogens (primary N) is 1. The lowest BCUT2D eigenvalue weighted by atomic mass is 10.2. The molecule has 17 heavy (non-hydrogen) atoms. The Bertz CT molecular complexity index is 540. The molecule has 1 heterocycles. The zero-order chi connectivity index (χ0) is 12.4. The molecule has 3 N–H and O–H groups in total. The Hall–Kier alpha value is -1.69. The van der Waals surface area contributed by atoms with Crippen molar-refractivity contribution in [2.75, 3.05) is 11.1 Å². The number of aromatic nitrogens is 1. The van der Waals surface area contributed by atoms with Gasteiger partial charge in [-0.2, -0.15) is 4.37 Å². The summed E-state index contributed by atoms with van der Waals surface area (Å²) in [5, 5.41) is 3.92. The minimum atomic E-state index is -0.843. The monoisotopic (exact) mass is 255 g/mol. The molecule has 0 aliphatic carbocycles. The number of nitrogen functional groups attached to an aromatic ring is 1. The molecule has 0 atom stereocenters. The van der Waals surface area contributed by atoms with Crippen molar-refractivity contribution in [2.24, 2.45) is 0 Å². The quantitative estimate of drug-likeness (QED) is 0.886. The van der Waals surface area contributed by atoms with E-state index in [1.54, 1.807) is 0 Å². The predicted molar refractivity (Wildman–Crippen MR) is 64.9 cm³/mol. The van der Waals surface area contributed by atoms with Crippen molar-refractivity contribution >= 4 is 22.4 Å². The van der Waals surface area contributed by atoms with Gasteiger partial charge in [0.05, 0.1) is 0 Å². The van der Waals surface area contributed by atoms with Crippen LogP contribution >= 0.6 is 11.5 Å². The molecule has 90 valence electrons. The lowest BCUT2D eigenvalue weighted by molar-refractivity contribution is 0.507. The second-order valence-electron chi connectivity index (χ2n) is 3.62. The molecule has 0 saturated carbocycles. The number of hydrogen-bond acceptors (Lipinski definition) is 4. The first kappa shape index (κ1) is 11.8. The molecule has 0 saturated heterocycles. The topological polar surface area (TPSA) is 50.9 Å². The van der Waals surface area contributed by atoms with Gasteiger partial charge in [0.25, 0.3) is 0 Å². The maximum atomic E-state index is 13.0. The Morgan fingerprint density at radius 3 is 2.71 bits per heavy atom. The SMILES string of the molecule is Cc1c(N)nsc1NCc1ccc(F)c(F)c1. The third kappa shape index (κ3) is 2.52. The van der Waals surface area contributed by atoms with Gasteiger partial charge in [-0.25, -0.2) is 8.78 Å². The van der Waals surface area contributed by atoms with Crippen molar-refractivity contribution in [3.8, 4) is 0 Å². The fourth-order valence-electron chi connectivity index (χ4n) is 1.34. The molecule has 0 aliphatic rings. The molecular weight excluding hydrogens is 244 g/mol. The van der Waals surface area contributed by atoms with Crippen molar-refractivity contribution in [2.45, 2.75) is 13.5 Å². The summed E-state index contributed by atoms with van der Waals surface area (Å²) in [5.74, 6) is -1.19. The standard InChI is InChI=1S/C11H11F2N3S/c1-6-10(14)16-17-11(6)15-5-7-2-3-8(12)9(13)4-7/h2-4,15H,5H2,1H3,(H2,14,16). The van der Waals surface area contributed by atoms with Crippen LogP contribution in [0.15, 0.2) is 18.2 Å². The van der Waals surface area contributed by atoms with Crippen LogP contribution in [0.4, 0.5) is 19.6 Å². The smallest absolute Gasteiger partial charge is 0.159 e. The number of nitrogens with one attached hydrogen (secondary N) is 1. The van der Waals surface area contributed by atoms with Crippen molar-refractivity contribution in [1.82, 2.24) is 4.37 Å². The highest BCUT2D eigenvalue weighted by molar-refractivity contribution is 7.10. The predicted octanol–water partition coefficient (Wildman–Crippen LogP) is 2.92. The number of halogens is 2. The minimum Gasteiger partial charge on any atom is -0.383 e. The highest BCUT2D eigenvalue weighted by atomic mass is 32.1. The van der Waals surface area contributed by atoms with E-state index in [0.29, 0.717) is 17.9 Å². The molecule has 2 rings (SSSR count). The van der Waals surface area contributed by atoms with E-state index in [2.05, 4.69) is 9.69 Å². The second-order valence-corrected chi connectivity index (χ2v) is 4.40. The van der Waals surface area contributed by atoms with Gasteiger partial charge in [0.1, 0.15) is 10.8 Å². The summed E-state index contributed by atoms with van der Waals surface area (Å²) in [6.45, 7) is 2.26. The van der Waals surface area contributed by atoms with E-state index in [-0.39, 0.29) is 0 Å². The number of benzene rings is 1. The van der Waals surface area contributed by atoms with Gasteiger partial charge in [-0.3, -0.25) is 0 Å². The van der Waals surface area contributed by atoms with E-state index < -0.39 is 11.6 Å². The molecule has 0 spiro atoms. The molecule has 3 nitrogen and oxygen atoms in total. The largest absolute Gasteiger partial charge is 0.383 e. The fourth-order valence-corrected chi connectivity index (χ4v) is 2.05. The van der Waals surface area contributed by atoms with Crippen LogP contribution in [0.2, 0.25) is 0 Å². The van der Waals surface area contributed by atoms with Crippen LogP contribution in [0, 0.1) is 18.6 Å². The number of nitrogens with zero attached hydrogens (tertiary/aromatic N) is 1. The highest BCUT2D eigenvalue weighted by Crippen LogP contribution is 2.25. The van der Waals surface area contributed by atoms with Crippen LogP contribution in [0.25, 0.3) is 0 Å². The molecule has 2 aromatic rings. The second kappa shape index (κ2) is 4.67. The Morgan fingerprint density at radius 1 is 1.35 bits per heavy atom. The summed E-state index contributed by atoms with van der Waals surface area (Å²) in [6.07, 6.45) is 0. The molecule has 0 aliphatic heterocycles. The molecule has 6 heteroatoms. The van der Waals surface area contributed by atoms with E-state index in [4.69, 9.17) is 5.73 Å². The van der Waals surface area contributed by atoms with Gasteiger partial charge < -0.3 is 11.1 Å². The molecule has 0 unspecified atom stereocenters. The number of anilines is 2. The Balaban J connectivity index is 2.07. The van der Waals surface area contributed by atoms with Gasteiger partial charge in [-0.05, 0) is 36.2 Å². The van der Waals surface area contributed by atoms with E-state index >= 15 is 0 Å². The number of hydrogen-bond donors (Lipinski definition) is 2. The lowest BCUT2D eigenvalue weighted by Crippen LogP contribution is -2.00. The van der Waals surface area contributed by atoms with Crippen LogP contribution in [0.5, 0.6) is 0 Å². The molecule has 1 aromatic carbocycles. The van der Waals surface area contributed by atoms with Gasteiger partial charge in [0.2, 0.25) is 0 Å². The zero-order valence-electron chi connectivity index (χ0n) is 9.13. The maximum absolute atomic E-state index is 13.0. The summed E-state index contributed by atoms with van der Waals surface area (Å²) in [6, 6.07) is 3.81. The fraction of sp³-hybridized carbons (Fsp3) is 0.182. The molecule has 0 amide bonds. The third-order valence-electron chi connectivity index (χ3n) is 2.40. The van der Waals surface area contributed by atoms with Crippen molar-refractivity contribution in [1.29, 1.82) is 0 Å². The first-order valence-corrected chi connectivity index (χ1v) is 5.75. The zero-order valence-corrected chi connectivity index (χ0v) is 9.94. The van der Waals surface area contributed by atoms with E-state index in [1.807, 2.05) is 6.92 Å². The van der Waals surface area contributed by atoms with Crippen molar-refractivity contribution in [3.05, 3.63) is 41.0 Å². The van der Waals surface area contributed by atoms with Crippen LogP contribution in [-0.4, -0.2) is 4.37 Å². The molecule has 0 fully saturated rings. The summed E-state index contributed by atoms with van der Waals surface area (Å²) in [5.41, 5.74) is 7.14. The lowest BCUT2D eigenvalue weighted by Gasteiger charge is -2.05. The highest BCUT2D eigenvalue weighted by Gasteiger charge is 2.07. The van der Waals surface area contributed by atoms with Gasteiger partial charge in [-0.1, -0.05) is 6.07 Å². The molecular formula is C11H11F2N3S. The van der Waals surface area contributed by atoms with Crippen LogP contribution in [0.1, 0.15) is 11.1 Å². The summed E-state index contributed by atoms with van der Waals surface area (Å²) in [7, 11) is 0. The Morgan fingerprint density at radius 2 is 2.12 bits per heavy atom. The summed E-state index contributed by atoms with van der Waals surface area (Å²) < 4.78 is 29.6. The average Bonchev–Trinajstić information content (AvgIpc) is 2.62. The van der Waals surface area contributed by atoms with Gasteiger partial charge in [-0.15, -0.1) is 0 Å². The first-order valence-electron chi connectivity index (χ1n) is 4.97. The van der Waals surface area contributed by atoms with Gasteiger partial charge in [0.15, 0.2) is 11.6 Å². The number of rotatable bonds is 3. The van der Waals surface area contributed by atoms with E-state index in [0.717, 1.165) is 16.6 Å². The van der Waals surface area contributed by atoms with E-state index in [1.165, 1.54) is 23.7 Å². The summed E-state index contributed by atoms with van der Waals surface area (Å²) in [4.78, 5) is 0. The Kier molecular flexibility index (Phi) is 3.23. The van der Waals surface area contributed by atoms with Crippen LogP contribution < -0.4 is 11.1 Å². The van der Waals surface area contributed by atoms with Crippen LogP contribution in [-0.2, 0) is 6.54 Å². The Labute approximate surface area is 101 Å². The maximum Gasteiger partial charge on any atom is 0.159 e. The van der Waals surface area contributed by atoms with Gasteiger partial charge in [0, 0.05) is 12.1 Å². The summed E-state index contributed by atoms with van der Waals surface area (Å²) >= 11 is 1.25. The minimum absolute atomic E-state index is 0.402. The van der Waals surface area contributed by atoms with E-state index in [9.17, 15) is 8.78 Å². The first-order chi connectivity index (χ1) is 8.08. The molecule has 0 radical (unpaired) electrons. The van der Waals surface area contributed by atoms with Crippen LogP contribution in [0.3, 0.4) is 0 Å². The molecule has 1 aromatic heterocycles. The van der Waals surface area contributed by atoms with Crippen molar-refractivity contribution in [3.63, 3.8) is 0 Å². The third-order valence-corrected chi connectivity index (χ3v) is 3.32. The van der Waals surface area contributed by atoms with Crippen molar-refractivity contribution < 1.29 is 8.78 Å².